The van der Waals surface area contributed by atoms with Crippen LogP contribution in [0.4, 0.5) is 32.7 Å². The van der Waals surface area contributed by atoms with Crippen molar-refractivity contribution in [1.29, 1.82) is 0 Å². The highest BCUT2D eigenvalue weighted by molar-refractivity contribution is 7.91. The number of halogens is 2. The smallest absolute Gasteiger partial charge is 0.420 e. The first kappa shape index (κ1) is 120. The van der Waals surface area contributed by atoms with Crippen molar-refractivity contribution in [2.75, 3.05) is 101 Å². The van der Waals surface area contributed by atoms with E-state index in [0.29, 0.717) is 78.9 Å². The van der Waals surface area contributed by atoms with Gasteiger partial charge in [-0.25, -0.2) is 50.2 Å². The third kappa shape index (κ3) is 38.4. The Labute approximate surface area is 843 Å². The van der Waals surface area contributed by atoms with Gasteiger partial charge < -0.3 is 97.5 Å². The van der Waals surface area contributed by atoms with Crippen LogP contribution in [-0.4, -0.2) is 250 Å². The second-order valence-corrected chi connectivity index (χ2v) is 43.0. The van der Waals surface area contributed by atoms with Gasteiger partial charge in [0.15, 0.2) is 5.03 Å². The van der Waals surface area contributed by atoms with Crippen LogP contribution in [-0.2, 0) is 58.3 Å². The second kappa shape index (κ2) is 53.0. The molecule has 0 aliphatic heterocycles. The molecule has 143 heavy (non-hydrogen) atoms. The van der Waals surface area contributed by atoms with Crippen LogP contribution < -0.4 is 24.3 Å². The molecule has 0 aliphatic carbocycles. The minimum absolute atomic E-state index is 0. The summed E-state index contributed by atoms with van der Waals surface area (Å²) in [5.41, 5.74) is 0.230. The minimum Gasteiger partial charge on any atom is -0.507 e. The monoisotopic (exact) mass is 2060 g/mol. The topological polar surface area (TPSA) is 420 Å². The highest BCUT2D eigenvalue weighted by Gasteiger charge is 2.33. The lowest BCUT2D eigenvalue weighted by atomic mass is 10.2. The number of amides is 4. The van der Waals surface area contributed by atoms with Crippen molar-refractivity contribution in [3.05, 3.63) is 231 Å². The third-order valence-corrected chi connectivity index (χ3v) is 23.2. The average molecular weight is 2060 g/mol. The summed E-state index contributed by atoms with van der Waals surface area (Å²) < 4.78 is 143. The van der Waals surface area contributed by atoms with Crippen LogP contribution in [0.25, 0.3) is 54.5 Å². The number of aliphatic hydroxyl groups is 1. The number of H-pyrrole nitrogens is 3. The Balaban J connectivity index is 0.000000306. The predicted molar refractivity (Wildman–Crippen MR) is 555 cm³/mol. The van der Waals surface area contributed by atoms with Crippen molar-refractivity contribution in [3.8, 4) is 28.7 Å². The number of sulfone groups is 2. The number of carbonyl (C=O) groups is 6. The highest BCUT2D eigenvalue weighted by atomic mass is 35.5. The van der Waals surface area contributed by atoms with Gasteiger partial charge in [-0.2, -0.15) is 8.42 Å². The normalized spacial score (nSPS) is 11.5. The minimum atomic E-state index is -4.50. The summed E-state index contributed by atoms with van der Waals surface area (Å²) in [7, 11) is -3.74. The molecule has 0 fully saturated rings. The Morgan fingerprint density at radius 3 is 1.15 bits per heavy atom. The van der Waals surface area contributed by atoms with Crippen LogP contribution in [0.15, 0.2) is 256 Å². The molecule has 0 saturated heterocycles. The van der Waals surface area contributed by atoms with Gasteiger partial charge in [-0.15, -0.1) is 16.3 Å². The molecule has 39 heteroatoms. The number of aromatic amines is 3. The van der Waals surface area contributed by atoms with Gasteiger partial charge in [0.1, 0.15) is 93.8 Å². The van der Waals surface area contributed by atoms with Crippen molar-refractivity contribution < 1.29 is 115 Å². The van der Waals surface area contributed by atoms with Crippen LogP contribution in [0.1, 0.15) is 132 Å². The largest absolute Gasteiger partial charge is 0.507 e. The van der Waals surface area contributed by atoms with Crippen molar-refractivity contribution in [2.45, 2.75) is 190 Å². The summed E-state index contributed by atoms with van der Waals surface area (Å²) in [6.45, 7) is 35.8. The Morgan fingerprint density at radius 1 is 0.385 bits per heavy atom. The van der Waals surface area contributed by atoms with Gasteiger partial charge in [0.25, 0.3) is 0 Å². The molecule has 0 saturated carbocycles. The molecule has 5 heterocycles. The van der Waals surface area contributed by atoms with Crippen LogP contribution >= 0.6 is 12.4 Å². The molecule has 780 valence electrons. The van der Waals surface area contributed by atoms with Crippen LogP contribution in [0.5, 0.6) is 28.7 Å². The van der Waals surface area contributed by atoms with Crippen LogP contribution in [0.2, 0.25) is 0 Å². The van der Waals surface area contributed by atoms with E-state index in [1.54, 1.807) is 182 Å². The Hall–Kier alpha value is -13.5. The summed E-state index contributed by atoms with van der Waals surface area (Å²) >= 11 is 0. The van der Waals surface area contributed by atoms with Gasteiger partial charge >= 0.3 is 46.8 Å². The summed E-state index contributed by atoms with van der Waals surface area (Å²) in [6.07, 6.45) is 2.46. The Morgan fingerprint density at radius 2 is 0.741 bits per heavy atom. The molecule has 0 spiro atoms. The maximum Gasteiger partial charge on any atom is 0.420 e. The number of aromatic nitrogens is 5. The Kier molecular flexibility index (Phi) is 44.5. The molecule has 13 rings (SSSR count). The number of hydrogen-bond donors (Lipinski definition) is 6. The number of phenolic OH excluding ortho intramolecular Hbond substituents is 1. The second-order valence-electron chi connectivity index (χ2n) is 37.8. The molecule has 5 aromatic heterocycles. The van der Waals surface area contributed by atoms with E-state index in [0.717, 1.165) is 55.0 Å². The fourth-order valence-corrected chi connectivity index (χ4v) is 15.6. The number of likely N-dealkylation sites (N-methyl/N-ethyl adjacent to an activating group) is 5. The average Bonchev–Trinajstić information content (AvgIpc) is 1.57. The third-order valence-electron chi connectivity index (χ3n) is 19.0. The van der Waals surface area contributed by atoms with Crippen molar-refractivity contribution in [1.82, 2.24) is 49.0 Å². The van der Waals surface area contributed by atoms with E-state index in [9.17, 15) is 63.0 Å². The first-order chi connectivity index (χ1) is 65.8. The summed E-state index contributed by atoms with van der Waals surface area (Å²) in [5.74, 6) is 2.81. The lowest BCUT2D eigenvalue weighted by molar-refractivity contribution is 0.0264. The molecule has 6 N–H and O–H groups in total. The zero-order valence-electron chi connectivity index (χ0n) is 84.6. The molecule has 34 nitrogen and oxygen atoms in total. The SMILES string of the molecule is C.CN(CCO)C(=O)OC(C)(C)C.CN(CCOc1cccc2[nH]ccc12)C(=O)OC(C)(C)C.CN(CCOc1cccc2c1cc(S(=O)(=O)c1ccccc1)n2C(=O)OC(C)(C)C)C(=O)OC(C)(C)C.CN(CCOc1cccc2c1ccn2C(=O)OC(C)(C)C)C(=O)OC(C)(C)C.CNCCOc1cccc2[nH]c(S(=O)(=O)c3ccccc3)cc12.Cl.O=S(=O)(F)c1ccccc1.Oc1cccc2[nH]ccc12. The number of fused-ring (bicyclic) bond motifs is 5. The molecule has 0 aliphatic rings. The van der Waals surface area contributed by atoms with E-state index in [2.05, 4.69) is 20.3 Å². The van der Waals surface area contributed by atoms with Crippen LogP contribution in [0.3, 0.4) is 0 Å². The fraction of sp³-hybridized carbons (Fsp3) is 0.385. The lowest BCUT2D eigenvalue weighted by Gasteiger charge is -2.24. The number of rotatable bonds is 23. The van der Waals surface area contributed by atoms with E-state index in [1.165, 1.54) is 66.6 Å². The number of ether oxygens (including phenoxy) is 10. The summed E-state index contributed by atoms with van der Waals surface area (Å²) in [5, 5.41) is 24.6. The number of phenols is 1. The number of hydrogen-bond acceptors (Lipinski definition) is 25. The molecular formula is C104H138ClFN10O24S3. The van der Waals surface area contributed by atoms with Gasteiger partial charge in [-0.05, 0) is 259 Å². The van der Waals surface area contributed by atoms with Gasteiger partial charge in [0.05, 0.1) is 57.5 Å². The van der Waals surface area contributed by atoms with E-state index < -0.39 is 94.0 Å². The quantitative estimate of drug-likeness (QED) is 0.0197. The summed E-state index contributed by atoms with van der Waals surface area (Å²) in [6, 6.07) is 59.1. The number of benzene rings is 8. The van der Waals surface area contributed by atoms with Gasteiger partial charge in [0, 0.05) is 97.8 Å². The number of nitrogens with zero attached hydrogens (tertiary/aromatic N) is 6. The maximum atomic E-state index is 13.6. The van der Waals surface area contributed by atoms with E-state index in [4.69, 9.17) is 52.5 Å². The molecule has 0 bridgehead atoms. The van der Waals surface area contributed by atoms with E-state index >= 15 is 0 Å². The van der Waals surface area contributed by atoms with Crippen molar-refractivity contribution >= 4 is 133 Å². The van der Waals surface area contributed by atoms with Crippen LogP contribution in [0, 0.1) is 0 Å². The molecule has 4 amide bonds. The maximum absolute atomic E-state index is 13.6. The molecule has 0 unspecified atom stereocenters. The summed E-state index contributed by atoms with van der Waals surface area (Å²) in [4.78, 5) is 87.6. The molecule has 13 aromatic rings. The van der Waals surface area contributed by atoms with Crippen molar-refractivity contribution in [2.24, 2.45) is 0 Å². The van der Waals surface area contributed by atoms with Gasteiger partial charge in [-0.1, -0.05) is 92.4 Å². The number of carbonyl (C=O) groups excluding carboxylic acids is 6. The standard InChI is InChI=1S/C27H34N2O7S.C21H30N2O5.C17H18N2O3S.C16H22N2O3.C8H17NO3.C8H7NO.C6H5FO2S.CH4.ClH/c1-26(2,3)35-24(30)28(7)16-17-34-22-15-11-14-21-20(22)18-23(29(21)25(31)36-27(4,5)6)37(32,33)19-12-9-8-10-13-19;1-20(2,3)27-18(24)22(7)13-14-26-17-10-8-9-16-15(17)11-12-23(16)19(25)28-21(4,5)6;1-18-10-11-22-16-9-5-8-15-14(16)12-17(19-15)23(20,21)13-6-3-2-4-7-13;1-16(2,3)21-15(19)18(4)10-11-20-14-7-5-6-13-12(14)8-9-17-13;1-8(2,3)12-7(11)9(4)5-6-10;10-8-3-1-2-7-6(8)4-5-9-7;7-10(8,9)6-4-2-1-3-5-6;;/h8-15,18H,16-17H2,1-7H3;8-12H,13-14H2,1-7H3;2-9,12,18-19H,10-11H2,1H3;5-9,17H,10-11H2,1-4H3;10H,5-6H2,1-4H3;1-5,9-10H;1-5H;1H4;1H. The zero-order valence-corrected chi connectivity index (χ0v) is 87.8. The Bertz CT molecular complexity index is 6650. The fourth-order valence-electron chi connectivity index (χ4n) is 12.4. The molecule has 0 radical (unpaired) electrons. The number of aliphatic hydroxyl groups excluding tert-OH is 1. The first-order valence-electron chi connectivity index (χ1n) is 45.1. The zero-order chi connectivity index (χ0) is 105. The molecular weight excluding hydrogens is 1920 g/mol. The first-order valence-corrected chi connectivity index (χ1v) is 49.4. The van der Waals surface area contributed by atoms with Gasteiger partial charge in [0.2, 0.25) is 19.7 Å². The van der Waals surface area contributed by atoms with Gasteiger partial charge in [-0.3, -0.25) is 4.57 Å². The van der Waals surface area contributed by atoms with E-state index in [1.807, 2.05) is 167 Å². The number of aromatic hydroxyl groups is 1. The highest BCUT2D eigenvalue weighted by Crippen LogP contribution is 2.37. The number of nitrogens with one attached hydrogen (secondary N) is 4. The molecule has 8 aromatic carbocycles. The van der Waals surface area contributed by atoms with E-state index in [-0.39, 0.29) is 70.4 Å². The lowest BCUT2D eigenvalue weighted by Crippen LogP contribution is -2.36. The van der Waals surface area contributed by atoms with Crippen molar-refractivity contribution in [3.63, 3.8) is 0 Å². The molecule has 0 atom stereocenters. The predicted octanol–water partition coefficient (Wildman–Crippen LogP) is 21.3.